The second kappa shape index (κ2) is 7.84. The van der Waals surface area contributed by atoms with E-state index >= 15 is 0 Å². The molecule has 2 aromatic rings. The summed E-state index contributed by atoms with van der Waals surface area (Å²) in [6.45, 7) is 1.06. The predicted octanol–water partition coefficient (Wildman–Crippen LogP) is 3.07. The van der Waals surface area contributed by atoms with E-state index in [0.717, 1.165) is 6.42 Å². The first-order valence-corrected chi connectivity index (χ1v) is 11.0. The lowest BCUT2D eigenvalue weighted by molar-refractivity contribution is -0.126. The van der Waals surface area contributed by atoms with E-state index in [4.69, 9.17) is 0 Å². The zero-order valence-electron chi connectivity index (χ0n) is 17.7. The third-order valence-corrected chi connectivity index (χ3v) is 7.00. The van der Waals surface area contributed by atoms with Gasteiger partial charge in [-0.2, -0.15) is 0 Å². The number of nitrogens with zero attached hydrogens (tertiary/aromatic N) is 2. The highest BCUT2D eigenvalue weighted by atomic mass is 16.2. The Morgan fingerprint density at radius 1 is 1.00 bits per heavy atom. The number of imide groups is 1. The maximum absolute atomic E-state index is 12.5. The number of amides is 4. The maximum Gasteiger partial charge on any atom is 0.326 e. The van der Waals surface area contributed by atoms with Gasteiger partial charge in [0.1, 0.15) is 6.54 Å². The molecule has 1 heterocycles. The molecule has 1 unspecified atom stereocenters. The molecule has 160 valence electrons. The molecule has 1 atom stereocenters. The third kappa shape index (κ3) is 3.40. The molecular formula is C25H27N3O3. The molecule has 6 nitrogen and oxygen atoms in total. The Hall–Kier alpha value is -3.15. The van der Waals surface area contributed by atoms with Crippen LogP contribution in [0.1, 0.15) is 53.4 Å². The summed E-state index contributed by atoms with van der Waals surface area (Å²) in [5, 5.41) is 3.12. The van der Waals surface area contributed by atoms with Crippen LogP contribution >= 0.6 is 0 Å². The molecule has 0 spiro atoms. The molecule has 1 N–H and O–H groups in total. The summed E-state index contributed by atoms with van der Waals surface area (Å²) in [5.41, 5.74) is 5.65. The summed E-state index contributed by atoms with van der Waals surface area (Å²) in [4.78, 5) is 38.9. The first kappa shape index (κ1) is 19.8. The van der Waals surface area contributed by atoms with Crippen LogP contribution in [0.15, 0.2) is 48.5 Å². The van der Waals surface area contributed by atoms with Gasteiger partial charge in [-0.05, 0) is 41.0 Å². The molecule has 31 heavy (non-hydrogen) atoms. The van der Waals surface area contributed by atoms with Crippen LogP contribution in [-0.2, 0) is 9.59 Å². The number of fused-ring (bicyclic) bond motifs is 1. The number of carbonyl (C=O) groups excluding carboxylic acids is 3. The topological polar surface area (TPSA) is 69.7 Å². The second-order valence-corrected chi connectivity index (χ2v) is 8.88. The van der Waals surface area contributed by atoms with E-state index in [9.17, 15) is 14.4 Å². The number of hydrogen-bond acceptors (Lipinski definition) is 3. The fraction of sp³-hybridized carbons (Fsp3) is 0.400. The Bertz CT molecular complexity index is 1000. The fourth-order valence-electron chi connectivity index (χ4n) is 5.58. The van der Waals surface area contributed by atoms with Crippen LogP contribution in [0.4, 0.5) is 4.79 Å². The normalized spacial score (nSPS) is 23.7. The number of nitrogens with one attached hydrogen (secondary N) is 1. The van der Waals surface area contributed by atoms with Crippen molar-refractivity contribution >= 4 is 17.8 Å². The first-order valence-electron chi connectivity index (χ1n) is 11.0. The smallest absolute Gasteiger partial charge is 0.326 e. The van der Waals surface area contributed by atoms with Crippen LogP contribution < -0.4 is 5.32 Å². The van der Waals surface area contributed by atoms with Crippen molar-refractivity contribution in [2.45, 2.75) is 31.1 Å². The van der Waals surface area contributed by atoms with E-state index in [1.165, 1.54) is 32.1 Å². The van der Waals surface area contributed by atoms with E-state index in [2.05, 4.69) is 53.8 Å². The van der Waals surface area contributed by atoms with Gasteiger partial charge in [-0.25, -0.2) is 4.79 Å². The van der Waals surface area contributed by atoms with Gasteiger partial charge in [0.25, 0.3) is 0 Å². The number of urea groups is 1. The van der Waals surface area contributed by atoms with E-state index in [1.54, 1.807) is 7.05 Å². The number of likely N-dealkylation sites (N-methyl/N-ethyl adjacent to an activating group) is 1. The van der Waals surface area contributed by atoms with E-state index < -0.39 is 0 Å². The van der Waals surface area contributed by atoms with Gasteiger partial charge in [0.15, 0.2) is 0 Å². The minimum Gasteiger partial charge on any atom is -0.356 e. The lowest BCUT2D eigenvalue weighted by Crippen LogP contribution is -2.39. The molecule has 3 aliphatic carbocycles. The molecule has 6 rings (SSSR count). The average Bonchev–Trinajstić information content (AvgIpc) is 3.03. The molecule has 1 saturated heterocycles. The lowest BCUT2D eigenvalue weighted by atomic mass is 9.59. The molecule has 2 aromatic carbocycles. The highest BCUT2D eigenvalue weighted by Crippen LogP contribution is 2.55. The van der Waals surface area contributed by atoms with Crippen molar-refractivity contribution in [2.75, 3.05) is 26.7 Å². The van der Waals surface area contributed by atoms with Crippen LogP contribution in [0.25, 0.3) is 0 Å². The molecule has 1 aliphatic heterocycles. The van der Waals surface area contributed by atoms with Crippen molar-refractivity contribution < 1.29 is 14.4 Å². The first-order chi connectivity index (χ1) is 15.0. The summed E-state index contributed by atoms with van der Waals surface area (Å²) in [5.74, 6) is 0.865. The molecule has 0 saturated carbocycles. The molecule has 2 bridgehead atoms. The molecule has 4 amide bonds. The van der Waals surface area contributed by atoms with Gasteiger partial charge in [-0.3, -0.25) is 14.5 Å². The van der Waals surface area contributed by atoms with Crippen LogP contribution in [0.2, 0.25) is 0 Å². The Labute approximate surface area is 182 Å². The minimum absolute atomic E-state index is 0.0181. The summed E-state index contributed by atoms with van der Waals surface area (Å²) < 4.78 is 0. The SMILES string of the molecule is CN1CC(=O)N(CCCC(=O)NCC2CC3c4ccccc4C2c2ccccc23)C1=O. The zero-order valence-corrected chi connectivity index (χ0v) is 17.7. The number of benzene rings is 2. The molecule has 6 heteroatoms. The summed E-state index contributed by atoms with van der Waals surface area (Å²) in [6, 6.07) is 17.1. The predicted molar refractivity (Wildman–Crippen MR) is 117 cm³/mol. The summed E-state index contributed by atoms with van der Waals surface area (Å²) in [6.07, 6.45) is 1.84. The van der Waals surface area contributed by atoms with Crippen molar-refractivity contribution in [1.29, 1.82) is 0 Å². The third-order valence-electron chi connectivity index (χ3n) is 7.00. The molecule has 0 aromatic heterocycles. The van der Waals surface area contributed by atoms with Crippen molar-refractivity contribution in [1.82, 2.24) is 15.1 Å². The maximum atomic E-state index is 12.5. The van der Waals surface area contributed by atoms with Gasteiger partial charge >= 0.3 is 6.03 Å². The molecule has 1 fully saturated rings. The molecule has 0 radical (unpaired) electrons. The van der Waals surface area contributed by atoms with Crippen LogP contribution in [0, 0.1) is 5.92 Å². The monoisotopic (exact) mass is 417 g/mol. The van der Waals surface area contributed by atoms with E-state index in [-0.39, 0.29) is 24.4 Å². The highest BCUT2D eigenvalue weighted by Gasteiger charge is 2.42. The second-order valence-electron chi connectivity index (χ2n) is 8.88. The lowest BCUT2D eigenvalue weighted by Gasteiger charge is -2.45. The van der Waals surface area contributed by atoms with Gasteiger partial charge in [-0.15, -0.1) is 0 Å². The Morgan fingerprint density at radius 2 is 1.61 bits per heavy atom. The van der Waals surface area contributed by atoms with Gasteiger partial charge in [0.05, 0.1) is 0 Å². The number of rotatable bonds is 6. The summed E-state index contributed by atoms with van der Waals surface area (Å²) >= 11 is 0. The Balaban J connectivity index is 1.20. The number of carbonyl (C=O) groups is 3. The zero-order chi connectivity index (χ0) is 21.5. The Morgan fingerprint density at radius 3 is 2.19 bits per heavy atom. The largest absolute Gasteiger partial charge is 0.356 e. The fourth-order valence-corrected chi connectivity index (χ4v) is 5.58. The highest BCUT2D eigenvalue weighted by molar-refractivity contribution is 6.01. The standard InChI is InChI=1S/C25H27N3O3/c1-27-15-23(30)28(25(27)31)12-6-11-22(29)26-14-16-13-21-17-7-2-4-9-19(17)24(16)20-10-5-3-8-18(20)21/h2-5,7-10,16,21,24H,6,11-15H2,1H3,(H,26,29). The average molecular weight is 418 g/mol. The van der Waals surface area contributed by atoms with Crippen LogP contribution in [0.5, 0.6) is 0 Å². The van der Waals surface area contributed by atoms with Gasteiger partial charge in [0.2, 0.25) is 11.8 Å². The number of hydrogen-bond donors (Lipinski definition) is 1. The van der Waals surface area contributed by atoms with Gasteiger partial charge < -0.3 is 10.2 Å². The van der Waals surface area contributed by atoms with E-state index in [0.29, 0.717) is 43.7 Å². The quantitative estimate of drug-likeness (QED) is 0.735. The Kier molecular flexibility index (Phi) is 5.00. The van der Waals surface area contributed by atoms with Gasteiger partial charge in [0, 0.05) is 38.4 Å². The van der Waals surface area contributed by atoms with Crippen LogP contribution in [-0.4, -0.2) is 54.3 Å². The summed E-state index contributed by atoms with van der Waals surface area (Å²) in [7, 11) is 1.61. The van der Waals surface area contributed by atoms with Crippen molar-refractivity contribution in [3.63, 3.8) is 0 Å². The van der Waals surface area contributed by atoms with E-state index in [1.807, 2.05) is 0 Å². The molecule has 4 aliphatic rings. The van der Waals surface area contributed by atoms with Crippen molar-refractivity contribution in [3.05, 3.63) is 70.8 Å². The van der Waals surface area contributed by atoms with Crippen molar-refractivity contribution in [3.8, 4) is 0 Å². The molecular weight excluding hydrogens is 390 g/mol. The van der Waals surface area contributed by atoms with Crippen molar-refractivity contribution in [2.24, 2.45) is 5.92 Å². The van der Waals surface area contributed by atoms with Gasteiger partial charge in [-0.1, -0.05) is 48.5 Å². The minimum atomic E-state index is -0.277. The van der Waals surface area contributed by atoms with Crippen LogP contribution in [0.3, 0.4) is 0 Å².